The number of pyridine rings is 1. The molecule has 132 valence electrons. The number of nitrogens with zero attached hydrogens (tertiary/aromatic N) is 3. The third-order valence-corrected chi connectivity index (χ3v) is 5.56. The van der Waals surface area contributed by atoms with Gasteiger partial charge in [-0.1, -0.05) is 0 Å². The van der Waals surface area contributed by atoms with Crippen molar-refractivity contribution in [2.45, 2.75) is 31.8 Å². The summed E-state index contributed by atoms with van der Waals surface area (Å²) >= 11 is 0. The molecule has 0 N–H and O–H groups in total. The van der Waals surface area contributed by atoms with Crippen molar-refractivity contribution in [3.05, 3.63) is 23.9 Å². The topological polar surface area (TPSA) is 75.5 Å². The van der Waals surface area contributed by atoms with Crippen molar-refractivity contribution in [3.8, 4) is 11.9 Å². The van der Waals surface area contributed by atoms with Crippen molar-refractivity contribution >= 4 is 5.91 Å². The van der Waals surface area contributed by atoms with E-state index in [1.54, 1.807) is 12.1 Å². The Morgan fingerprint density at radius 1 is 1.40 bits per heavy atom. The van der Waals surface area contributed by atoms with Gasteiger partial charge in [0.15, 0.2) is 0 Å². The van der Waals surface area contributed by atoms with Crippen LogP contribution in [0.3, 0.4) is 0 Å². The number of carbonyl (C=O) groups excluding carboxylic acids is 1. The van der Waals surface area contributed by atoms with E-state index in [9.17, 15) is 4.79 Å². The number of rotatable bonds is 6. The molecule has 1 saturated carbocycles. The Labute approximate surface area is 147 Å². The number of carbonyl (C=O) groups is 1. The molecule has 0 unspecified atom stereocenters. The van der Waals surface area contributed by atoms with Crippen LogP contribution < -0.4 is 4.74 Å². The first-order valence-corrected chi connectivity index (χ1v) is 9.11. The monoisotopic (exact) mass is 341 g/mol. The average Bonchev–Trinajstić information content (AvgIpc) is 3.21. The lowest BCUT2D eigenvalue weighted by Crippen LogP contribution is -2.31. The first-order valence-electron chi connectivity index (χ1n) is 9.11. The van der Waals surface area contributed by atoms with Gasteiger partial charge in [0, 0.05) is 37.7 Å². The molecule has 3 fully saturated rings. The number of hydrogen-bond donors (Lipinski definition) is 0. The lowest BCUT2D eigenvalue weighted by molar-refractivity contribution is -0.131. The van der Waals surface area contributed by atoms with Gasteiger partial charge in [-0.2, -0.15) is 5.26 Å². The van der Waals surface area contributed by atoms with Crippen LogP contribution in [0.5, 0.6) is 5.88 Å². The minimum Gasteiger partial charge on any atom is -0.478 e. The molecule has 0 radical (unpaired) electrons. The van der Waals surface area contributed by atoms with Crippen LogP contribution in [0.4, 0.5) is 0 Å². The zero-order valence-electron chi connectivity index (χ0n) is 14.3. The van der Waals surface area contributed by atoms with Crippen LogP contribution in [0, 0.1) is 29.1 Å². The van der Waals surface area contributed by atoms with Gasteiger partial charge in [0.2, 0.25) is 11.8 Å². The summed E-state index contributed by atoms with van der Waals surface area (Å²) in [6.07, 6.45) is 5.76. The van der Waals surface area contributed by atoms with E-state index < -0.39 is 0 Å². The fourth-order valence-corrected chi connectivity index (χ4v) is 3.84. The van der Waals surface area contributed by atoms with Gasteiger partial charge >= 0.3 is 0 Å². The van der Waals surface area contributed by atoms with E-state index >= 15 is 0 Å². The van der Waals surface area contributed by atoms with E-state index in [4.69, 9.17) is 14.7 Å². The summed E-state index contributed by atoms with van der Waals surface area (Å²) in [5.74, 6) is 2.35. The first-order chi connectivity index (χ1) is 12.2. The van der Waals surface area contributed by atoms with Crippen molar-refractivity contribution in [2.24, 2.45) is 17.8 Å². The molecule has 3 atom stereocenters. The average molecular weight is 341 g/mol. The summed E-state index contributed by atoms with van der Waals surface area (Å²) in [4.78, 5) is 18.4. The maximum atomic E-state index is 12.3. The smallest absolute Gasteiger partial charge is 0.222 e. The Hall–Kier alpha value is -2.13. The number of ether oxygens (including phenoxy) is 2. The predicted octanol–water partition coefficient (Wildman–Crippen LogP) is 2.00. The van der Waals surface area contributed by atoms with Crippen molar-refractivity contribution in [1.82, 2.24) is 9.88 Å². The minimum atomic E-state index is 0.196. The SMILES string of the molecule is N#Cc1ccc(OCC[C@H]2CO[C@H]3CN(C(=O)CC4CC4)C[C@@H]23)nc1. The molecular formula is C19H23N3O3. The van der Waals surface area contributed by atoms with Crippen LogP contribution in [-0.2, 0) is 9.53 Å². The highest BCUT2D eigenvalue weighted by molar-refractivity contribution is 5.77. The Morgan fingerprint density at radius 2 is 2.28 bits per heavy atom. The molecule has 6 heteroatoms. The van der Waals surface area contributed by atoms with Crippen LogP contribution in [-0.4, -0.2) is 48.2 Å². The maximum Gasteiger partial charge on any atom is 0.222 e. The molecule has 1 aromatic rings. The van der Waals surface area contributed by atoms with E-state index in [1.165, 1.54) is 19.0 Å². The van der Waals surface area contributed by atoms with Gasteiger partial charge in [0.25, 0.3) is 0 Å². The van der Waals surface area contributed by atoms with Gasteiger partial charge < -0.3 is 14.4 Å². The largest absolute Gasteiger partial charge is 0.478 e. The number of likely N-dealkylation sites (tertiary alicyclic amines) is 1. The lowest BCUT2D eigenvalue weighted by atomic mass is 9.91. The normalized spacial score (nSPS) is 27.8. The number of hydrogen-bond acceptors (Lipinski definition) is 5. The van der Waals surface area contributed by atoms with Gasteiger partial charge in [0.05, 0.1) is 24.9 Å². The standard InChI is InChI=1S/C19H23N3O3/c20-8-14-3-4-18(21-9-14)24-6-5-15-12-25-17-11-22(10-16(15)17)19(23)7-13-1-2-13/h3-4,9,13,15-17H,1-2,5-7,10-12H2/t15-,16-,17-/m0/s1. The molecule has 0 bridgehead atoms. The van der Waals surface area contributed by atoms with Crippen LogP contribution in [0.25, 0.3) is 0 Å². The minimum absolute atomic E-state index is 0.196. The summed E-state index contributed by atoms with van der Waals surface area (Å²) in [5.41, 5.74) is 0.529. The zero-order valence-corrected chi connectivity index (χ0v) is 14.3. The van der Waals surface area contributed by atoms with Gasteiger partial charge in [-0.3, -0.25) is 4.79 Å². The molecule has 2 saturated heterocycles. The van der Waals surface area contributed by atoms with Crippen LogP contribution in [0.15, 0.2) is 18.3 Å². The summed E-state index contributed by atoms with van der Waals surface area (Å²) < 4.78 is 11.6. The van der Waals surface area contributed by atoms with E-state index in [2.05, 4.69) is 4.98 Å². The Kier molecular flexibility index (Phi) is 4.58. The first kappa shape index (κ1) is 16.3. The molecule has 0 spiro atoms. The molecule has 2 aliphatic heterocycles. The van der Waals surface area contributed by atoms with Gasteiger partial charge in [-0.25, -0.2) is 4.98 Å². The molecular weight excluding hydrogens is 318 g/mol. The van der Waals surface area contributed by atoms with E-state index in [1.807, 2.05) is 11.0 Å². The molecule has 6 nitrogen and oxygen atoms in total. The third kappa shape index (κ3) is 3.77. The van der Waals surface area contributed by atoms with Crippen molar-refractivity contribution in [3.63, 3.8) is 0 Å². The molecule has 1 aliphatic carbocycles. The number of amides is 1. The molecule has 3 aliphatic rings. The molecule has 4 rings (SSSR count). The second-order valence-corrected chi connectivity index (χ2v) is 7.38. The Balaban J connectivity index is 1.24. The summed E-state index contributed by atoms with van der Waals surface area (Å²) in [6, 6.07) is 5.47. The zero-order chi connectivity index (χ0) is 17.2. The Bertz CT molecular complexity index is 665. The summed E-state index contributed by atoms with van der Waals surface area (Å²) in [7, 11) is 0. The lowest BCUT2D eigenvalue weighted by Gasteiger charge is -2.20. The highest BCUT2D eigenvalue weighted by atomic mass is 16.5. The number of nitriles is 1. The molecule has 3 heterocycles. The van der Waals surface area contributed by atoms with Gasteiger partial charge in [-0.05, 0) is 37.2 Å². The second kappa shape index (κ2) is 7.01. The van der Waals surface area contributed by atoms with Crippen molar-refractivity contribution in [1.29, 1.82) is 5.26 Å². The fraction of sp³-hybridized carbons (Fsp3) is 0.632. The van der Waals surface area contributed by atoms with Crippen molar-refractivity contribution in [2.75, 3.05) is 26.3 Å². The van der Waals surface area contributed by atoms with E-state index in [0.29, 0.717) is 41.7 Å². The number of fused-ring (bicyclic) bond motifs is 1. The van der Waals surface area contributed by atoms with E-state index in [-0.39, 0.29) is 6.10 Å². The van der Waals surface area contributed by atoms with Crippen LogP contribution in [0.2, 0.25) is 0 Å². The quantitative estimate of drug-likeness (QED) is 0.791. The summed E-state index contributed by atoms with van der Waals surface area (Å²) in [5, 5.41) is 8.77. The third-order valence-electron chi connectivity index (χ3n) is 5.56. The maximum absolute atomic E-state index is 12.3. The molecule has 0 aromatic carbocycles. The molecule has 1 amide bonds. The molecule has 25 heavy (non-hydrogen) atoms. The number of aromatic nitrogens is 1. The summed E-state index contributed by atoms with van der Waals surface area (Å²) in [6.45, 7) is 2.91. The van der Waals surface area contributed by atoms with Crippen LogP contribution in [0.1, 0.15) is 31.2 Å². The second-order valence-electron chi connectivity index (χ2n) is 7.38. The Morgan fingerprint density at radius 3 is 3.00 bits per heavy atom. The van der Waals surface area contributed by atoms with Gasteiger partial charge in [-0.15, -0.1) is 0 Å². The fourth-order valence-electron chi connectivity index (χ4n) is 3.84. The van der Waals surface area contributed by atoms with Gasteiger partial charge in [0.1, 0.15) is 6.07 Å². The van der Waals surface area contributed by atoms with Crippen LogP contribution >= 0.6 is 0 Å². The highest BCUT2D eigenvalue weighted by Crippen LogP contribution is 2.38. The highest BCUT2D eigenvalue weighted by Gasteiger charge is 2.45. The molecule has 1 aromatic heterocycles. The van der Waals surface area contributed by atoms with E-state index in [0.717, 1.165) is 32.5 Å². The predicted molar refractivity (Wildman–Crippen MR) is 89.7 cm³/mol. The van der Waals surface area contributed by atoms with Crippen molar-refractivity contribution < 1.29 is 14.3 Å².